The monoisotopic (exact) mass is 280 g/mol. The van der Waals surface area contributed by atoms with Crippen LogP contribution in [0.3, 0.4) is 0 Å². The normalized spacial score (nSPS) is 15.8. The molecule has 1 saturated heterocycles. The summed E-state index contributed by atoms with van der Waals surface area (Å²) in [5.74, 6) is 0.315. The fourth-order valence-corrected chi connectivity index (χ4v) is 1.73. The standard InChI is InChI=1S/C11H16N2O2.2ClH/c12-10-1-2-11(14)9(7-10)8-13-3-5-15-6-4-13;;/h1-2,7,14H,3-6,8,12H2;2*1H. The number of morpholine rings is 1. The van der Waals surface area contributed by atoms with Crippen LogP contribution in [-0.4, -0.2) is 36.3 Å². The summed E-state index contributed by atoms with van der Waals surface area (Å²) in [6.07, 6.45) is 0. The molecule has 0 saturated carbocycles. The second-order valence-corrected chi connectivity index (χ2v) is 3.78. The van der Waals surface area contributed by atoms with Crippen molar-refractivity contribution in [2.24, 2.45) is 0 Å². The molecule has 0 amide bonds. The summed E-state index contributed by atoms with van der Waals surface area (Å²) in [5.41, 5.74) is 7.26. The van der Waals surface area contributed by atoms with Crippen LogP contribution in [-0.2, 0) is 11.3 Å². The maximum Gasteiger partial charge on any atom is 0.120 e. The Morgan fingerprint density at radius 2 is 1.88 bits per heavy atom. The van der Waals surface area contributed by atoms with Crippen molar-refractivity contribution < 1.29 is 9.84 Å². The van der Waals surface area contributed by atoms with Crippen molar-refractivity contribution in [3.05, 3.63) is 23.8 Å². The zero-order valence-electron chi connectivity index (χ0n) is 9.46. The molecule has 0 aromatic heterocycles. The lowest BCUT2D eigenvalue weighted by molar-refractivity contribution is 0.0339. The van der Waals surface area contributed by atoms with E-state index in [0.717, 1.165) is 38.4 Å². The second kappa shape index (κ2) is 7.61. The maximum absolute atomic E-state index is 9.65. The predicted octanol–water partition coefficient (Wildman–Crippen LogP) is 1.65. The molecule has 17 heavy (non-hydrogen) atoms. The smallest absolute Gasteiger partial charge is 0.120 e. The lowest BCUT2D eigenvalue weighted by atomic mass is 10.1. The number of nitrogens with two attached hydrogens (primary N) is 1. The molecular weight excluding hydrogens is 263 g/mol. The Morgan fingerprint density at radius 3 is 2.53 bits per heavy atom. The second-order valence-electron chi connectivity index (χ2n) is 3.78. The molecule has 98 valence electrons. The van der Waals surface area contributed by atoms with Gasteiger partial charge in [-0.2, -0.15) is 0 Å². The third-order valence-corrected chi connectivity index (χ3v) is 2.60. The molecule has 1 fully saturated rings. The van der Waals surface area contributed by atoms with Crippen LogP contribution < -0.4 is 5.73 Å². The summed E-state index contributed by atoms with van der Waals surface area (Å²) in [4.78, 5) is 2.25. The Balaban J connectivity index is 0.00000128. The first kappa shape index (κ1) is 16.3. The van der Waals surface area contributed by atoms with Gasteiger partial charge in [-0.3, -0.25) is 4.90 Å². The van der Waals surface area contributed by atoms with Crippen LogP contribution in [0.2, 0.25) is 0 Å². The van der Waals surface area contributed by atoms with Crippen molar-refractivity contribution in [3.8, 4) is 5.75 Å². The van der Waals surface area contributed by atoms with E-state index in [-0.39, 0.29) is 24.8 Å². The highest BCUT2D eigenvalue weighted by molar-refractivity contribution is 5.85. The van der Waals surface area contributed by atoms with Gasteiger partial charge in [0.2, 0.25) is 0 Å². The quantitative estimate of drug-likeness (QED) is 0.639. The van der Waals surface area contributed by atoms with E-state index in [0.29, 0.717) is 11.4 Å². The number of phenols is 1. The average molecular weight is 281 g/mol. The average Bonchev–Trinajstić information content (AvgIpc) is 2.25. The third-order valence-electron chi connectivity index (χ3n) is 2.60. The minimum atomic E-state index is 0. The van der Waals surface area contributed by atoms with E-state index in [1.807, 2.05) is 6.07 Å². The van der Waals surface area contributed by atoms with Gasteiger partial charge in [0.25, 0.3) is 0 Å². The maximum atomic E-state index is 9.65. The van der Waals surface area contributed by atoms with Gasteiger partial charge in [0.05, 0.1) is 13.2 Å². The number of halogens is 2. The van der Waals surface area contributed by atoms with Gasteiger partial charge in [-0.1, -0.05) is 0 Å². The minimum absolute atomic E-state index is 0. The fraction of sp³-hybridized carbons (Fsp3) is 0.455. The number of ether oxygens (including phenoxy) is 1. The van der Waals surface area contributed by atoms with E-state index < -0.39 is 0 Å². The molecule has 1 aliphatic heterocycles. The number of nitrogens with zero attached hydrogens (tertiary/aromatic N) is 1. The van der Waals surface area contributed by atoms with Gasteiger partial charge >= 0.3 is 0 Å². The van der Waals surface area contributed by atoms with Gasteiger partial charge in [-0.15, -0.1) is 24.8 Å². The van der Waals surface area contributed by atoms with Crippen molar-refractivity contribution >= 4 is 30.5 Å². The zero-order valence-corrected chi connectivity index (χ0v) is 11.1. The molecule has 1 heterocycles. The first-order chi connectivity index (χ1) is 7.25. The van der Waals surface area contributed by atoms with Crippen molar-refractivity contribution in [2.45, 2.75) is 6.54 Å². The molecule has 0 spiro atoms. The van der Waals surface area contributed by atoms with Crippen LogP contribution in [0.25, 0.3) is 0 Å². The van der Waals surface area contributed by atoms with E-state index in [9.17, 15) is 5.11 Å². The molecule has 6 heteroatoms. The van der Waals surface area contributed by atoms with E-state index in [1.54, 1.807) is 12.1 Å². The lowest BCUT2D eigenvalue weighted by Crippen LogP contribution is -2.35. The molecule has 2 rings (SSSR count). The highest BCUT2D eigenvalue weighted by Gasteiger charge is 2.12. The number of rotatable bonds is 2. The largest absolute Gasteiger partial charge is 0.508 e. The van der Waals surface area contributed by atoms with Gasteiger partial charge < -0.3 is 15.6 Å². The predicted molar refractivity (Wildman–Crippen MR) is 73.1 cm³/mol. The van der Waals surface area contributed by atoms with Crippen LogP contribution in [0.15, 0.2) is 18.2 Å². The topological polar surface area (TPSA) is 58.7 Å². The number of anilines is 1. The minimum Gasteiger partial charge on any atom is -0.508 e. The number of hydrogen-bond acceptors (Lipinski definition) is 4. The summed E-state index contributed by atoms with van der Waals surface area (Å²) >= 11 is 0. The number of benzene rings is 1. The van der Waals surface area contributed by atoms with E-state index >= 15 is 0 Å². The van der Waals surface area contributed by atoms with Crippen molar-refractivity contribution in [2.75, 3.05) is 32.0 Å². The molecule has 1 aromatic rings. The van der Waals surface area contributed by atoms with Gasteiger partial charge in [-0.05, 0) is 18.2 Å². The molecule has 1 aromatic carbocycles. The number of aromatic hydroxyl groups is 1. The lowest BCUT2D eigenvalue weighted by Gasteiger charge is -2.26. The molecule has 3 N–H and O–H groups in total. The van der Waals surface area contributed by atoms with Crippen LogP contribution in [0.5, 0.6) is 5.75 Å². The molecular formula is C11H18Cl2N2O2. The Kier molecular flexibility index (Phi) is 7.30. The first-order valence-corrected chi connectivity index (χ1v) is 5.13. The van der Waals surface area contributed by atoms with Crippen LogP contribution in [0, 0.1) is 0 Å². The highest BCUT2D eigenvalue weighted by Crippen LogP contribution is 2.21. The number of hydrogen-bond donors (Lipinski definition) is 2. The van der Waals surface area contributed by atoms with Crippen molar-refractivity contribution in [1.82, 2.24) is 4.90 Å². The summed E-state index contributed by atoms with van der Waals surface area (Å²) in [5, 5.41) is 9.65. The van der Waals surface area contributed by atoms with Crippen LogP contribution in [0.1, 0.15) is 5.56 Å². The molecule has 4 nitrogen and oxygen atoms in total. The molecule has 0 unspecified atom stereocenters. The number of nitrogen functional groups attached to an aromatic ring is 1. The number of phenolic OH excluding ortho intramolecular Hbond substituents is 1. The summed E-state index contributed by atoms with van der Waals surface area (Å²) < 4.78 is 5.26. The summed E-state index contributed by atoms with van der Waals surface area (Å²) in [6.45, 7) is 4.09. The van der Waals surface area contributed by atoms with Crippen LogP contribution in [0.4, 0.5) is 5.69 Å². The third kappa shape index (κ3) is 4.60. The van der Waals surface area contributed by atoms with E-state index in [2.05, 4.69) is 4.90 Å². The van der Waals surface area contributed by atoms with Gasteiger partial charge in [0.15, 0.2) is 0 Å². The highest BCUT2D eigenvalue weighted by atomic mass is 35.5. The van der Waals surface area contributed by atoms with Crippen molar-refractivity contribution in [1.29, 1.82) is 0 Å². The zero-order chi connectivity index (χ0) is 10.7. The Morgan fingerprint density at radius 1 is 1.24 bits per heavy atom. The van der Waals surface area contributed by atoms with E-state index in [4.69, 9.17) is 10.5 Å². The van der Waals surface area contributed by atoms with Gasteiger partial charge in [-0.25, -0.2) is 0 Å². The molecule has 0 aliphatic carbocycles. The fourth-order valence-electron chi connectivity index (χ4n) is 1.73. The molecule has 0 atom stereocenters. The van der Waals surface area contributed by atoms with Crippen LogP contribution >= 0.6 is 24.8 Å². The van der Waals surface area contributed by atoms with E-state index in [1.165, 1.54) is 0 Å². The Labute approximate surface area is 114 Å². The SMILES string of the molecule is Cl.Cl.Nc1ccc(O)c(CN2CCOCC2)c1. The summed E-state index contributed by atoms with van der Waals surface area (Å²) in [6, 6.07) is 5.17. The first-order valence-electron chi connectivity index (χ1n) is 5.13. The molecule has 0 bridgehead atoms. The summed E-state index contributed by atoms with van der Waals surface area (Å²) in [7, 11) is 0. The van der Waals surface area contributed by atoms with Gasteiger partial charge in [0.1, 0.15) is 5.75 Å². The molecule has 1 aliphatic rings. The Hall–Kier alpha value is -0.680. The van der Waals surface area contributed by atoms with Gasteiger partial charge in [0, 0.05) is 30.9 Å². The van der Waals surface area contributed by atoms with Crippen molar-refractivity contribution in [3.63, 3.8) is 0 Å². The molecule has 0 radical (unpaired) electrons. The Bertz CT molecular complexity index is 344.